The van der Waals surface area contributed by atoms with Crippen LogP contribution in [0.1, 0.15) is 26.3 Å². The molecule has 0 aliphatic rings. The first-order valence-electron chi connectivity index (χ1n) is 4.56. The third kappa shape index (κ3) is 3.08. The van der Waals surface area contributed by atoms with Gasteiger partial charge < -0.3 is 10.2 Å². The Labute approximate surface area is 91.7 Å². The molecule has 0 bridgehead atoms. The quantitative estimate of drug-likeness (QED) is 0.861. The third-order valence-electron chi connectivity index (χ3n) is 2.05. The van der Waals surface area contributed by atoms with Crippen molar-refractivity contribution >= 4 is 15.9 Å². The zero-order chi connectivity index (χ0) is 10.7. The molecule has 3 atom stereocenters. The maximum atomic E-state index is 9.54. The minimum absolute atomic E-state index is 0.179. The smallest absolute Gasteiger partial charge is 0.0800 e. The largest absolute Gasteiger partial charge is 0.393 e. The van der Waals surface area contributed by atoms with Crippen LogP contribution in [-0.4, -0.2) is 32.2 Å². The molecule has 0 radical (unpaired) electrons. The molecule has 1 aromatic rings. The van der Waals surface area contributed by atoms with Crippen molar-refractivity contribution < 1.29 is 10.2 Å². The minimum Gasteiger partial charge on any atom is -0.393 e. The maximum absolute atomic E-state index is 9.54. The second kappa shape index (κ2) is 4.91. The van der Waals surface area contributed by atoms with E-state index in [1.807, 2.05) is 0 Å². The number of rotatable bonds is 4. The molecule has 2 N–H and O–H groups in total. The molecule has 4 nitrogen and oxygen atoms in total. The summed E-state index contributed by atoms with van der Waals surface area (Å²) in [6.45, 7) is 3.40. The lowest BCUT2D eigenvalue weighted by atomic mass is 10.1. The number of hydrogen-bond donors (Lipinski definition) is 2. The molecule has 0 amide bonds. The van der Waals surface area contributed by atoms with Gasteiger partial charge in [-0.25, -0.2) is 0 Å². The molecule has 5 heteroatoms. The van der Waals surface area contributed by atoms with Crippen LogP contribution >= 0.6 is 15.9 Å². The van der Waals surface area contributed by atoms with Crippen LogP contribution < -0.4 is 0 Å². The van der Waals surface area contributed by atoms with E-state index < -0.39 is 12.2 Å². The van der Waals surface area contributed by atoms with Crippen molar-refractivity contribution in [3.05, 3.63) is 16.9 Å². The molecule has 1 rings (SSSR count). The van der Waals surface area contributed by atoms with Gasteiger partial charge in [-0.1, -0.05) is 0 Å². The van der Waals surface area contributed by atoms with Gasteiger partial charge in [-0.15, -0.1) is 0 Å². The summed E-state index contributed by atoms with van der Waals surface area (Å²) in [5.74, 6) is 0. The zero-order valence-electron chi connectivity index (χ0n) is 8.26. The molecule has 0 aliphatic carbocycles. The molecule has 0 saturated carbocycles. The van der Waals surface area contributed by atoms with Crippen LogP contribution in [0.3, 0.4) is 0 Å². The third-order valence-corrected chi connectivity index (χ3v) is 2.46. The summed E-state index contributed by atoms with van der Waals surface area (Å²) in [4.78, 5) is 0. The normalized spacial score (nSPS) is 17.8. The van der Waals surface area contributed by atoms with E-state index >= 15 is 0 Å². The number of hydrogen-bond acceptors (Lipinski definition) is 3. The molecule has 14 heavy (non-hydrogen) atoms. The van der Waals surface area contributed by atoms with Crippen LogP contribution in [0.15, 0.2) is 16.9 Å². The molecular weight excluding hydrogens is 248 g/mol. The van der Waals surface area contributed by atoms with Gasteiger partial charge in [0.2, 0.25) is 0 Å². The number of nitrogens with zero attached hydrogens (tertiary/aromatic N) is 2. The van der Waals surface area contributed by atoms with Crippen molar-refractivity contribution in [2.24, 2.45) is 0 Å². The van der Waals surface area contributed by atoms with Crippen LogP contribution in [0.5, 0.6) is 0 Å². The first-order valence-corrected chi connectivity index (χ1v) is 5.35. The lowest BCUT2D eigenvalue weighted by molar-refractivity contribution is 0.0779. The van der Waals surface area contributed by atoms with E-state index in [0.29, 0.717) is 6.42 Å². The van der Waals surface area contributed by atoms with Gasteiger partial charge in [0.05, 0.1) is 28.9 Å². The van der Waals surface area contributed by atoms with Crippen LogP contribution in [0.2, 0.25) is 0 Å². The van der Waals surface area contributed by atoms with E-state index in [-0.39, 0.29) is 6.04 Å². The van der Waals surface area contributed by atoms with Gasteiger partial charge >= 0.3 is 0 Å². The standard InChI is InChI=1S/C9H15BrN2O2/c1-6(13)3-9(7(2)14)12-5-8(10)4-11-12/h4-7,9,13-14H,3H2,1-2H3/t6-,7+,9+/m0/s1. The van der Waals surface area contributed by atoms with Gasteiger partial charge in [0.15, 0.2) is 0 Å². The highest BCUT2D eigenvalue weighted by Crippen LogP contribution is 2.19. The molecule has 1 aromatic heterocycles. The number of aliphatic hydroxyl groups excluding tert-OH is 2. The Hall–Kier alpha value is -0.390. The lowest BCUT2D eigenvalue weighted by Gasteiger charge is -2.21. The molecule has 0 fully saturated rings. The Morgan fingerprint density at radius 1 is 1.50 bits per heavy atom. The SMILES string of the molecule is C[C@H](O)C[C@H]([C@@H](C)O)n1cc(Br)cn1. The van der Waals surface area contributed by atoms with E-state index in [0.717, 1.165) is 4.47 Å². The molecule has 0 spiro atoms. The van der Waals surface area contributed by atoms with Gasteiger partial charge in [-0.3, -0.25) is 4.68 Å². The predicted octanol–water partition coefficient (Wildman–Crippen LogP) is 1.34. The topological polar surface area (TPSA) is 58.3 Å². The molecular formula is C9H15BrN2O2. The maximum Gasteiger partial charge on any atom is 0.0800 e. The van der Waals surface area contributed by atoms with E-state index in [1.54, 1.807) is 30.9 Å². The Bertz CT molecular complexity index is 286. The highest BCUT2D eigenvalue weighted by atomic mass is 79.9. The van der Waals surface area contributed by atoms with Crippen LogP contribution in [0.25, 0.3) is 0 Å². The predicted molar refractivity (Wildman–Crippen MR) is 56.9 cm³/mol. The van der Waals surface area contributed by atoms with Crippen molar-refractivity contribution in [1.29, 1.82) is 0 Å². The second-order valence-corrected chi connectivity index (χ2v) is 4.45. The molecule has 1 heterocycles. The number of aromatic nitrogens is 2. The summed E-state index contributed by atoms with van der Waals surface area (Å²) in [6.07, 6.45) is 2.97. The van der Waals surface area contributed by atoms with E-state index in [2.05, 4.69) is 21.0 Å². The fourth-order valence-corrected chi connectivity index (χ4v) is 1.67. The van der Waals surface area contributed by atoms with E-state index in [1.165, 1.54) is 0 Å². The first-order chi connectivity index (χ1) is 6.50. The molecule has 80 valence electrons. The van der Waals surface area contributed by atoms with Gasteiger partial charge in [0.25, 0.3) is 0 Å². The van der Waals surface area contributed by atoms with Crippen molar-refractivity contribution in [2.45, 2.75) is 38.5 Å². The van der Waals surface area contributed by atoms with Crippen LogP contribution in [0.4, 0.5) is 0 Å². The lowest BCUT2D eigenvalue weighted by Crippen LogP contribution is -2.25. The van der Waals surface area contributed by atoms with Gasteiger partial charge in [-0.05, 0) is 36.2 Å². The number of halogens is 1. The average Bonchev–Trinajstić information content (AvgIpc) is 2.46. The van der Waals surface area contributed by atoms with Gasteiger partial charge in [0.1, 0.15) is 0 Å². The van der Waals surface area contributed by atoms with E-state index in [4.69, 9.17) is 0 Å². The molecule has 0 aliphatic heterocycles. The van der Waals surface area contributed by atoms with Crippen molar-refractivity contribution in [3.8, 4) is 0 Å². The Morgan fingerprint density at radius 3 is 2.50 bits per heavy atom. The first kappa shape index (κ1) is 11.7. The fraction of sp³-hybridized carbons (Fsp3) is 0.667. The summed E-state index contributed by atoms with van der Waals surface area (Å²) in [6, 6.07) is -0.179. The summed E-state index contributed by atoms with van der Waals surface area (Å²) < 4.78 is 2.54. The van der Waals surface area contributed by atoms with Crippen molar-refractivity contribution in [1.82, 2.24) is 9.78 Å². The second-order valence-electron chi connectivity index (χ2n) is 3.53. The highest BCUT2D eigenvalue weighted by Gasteiger charge is 2.19. The average molecular weight is 263 g/mol. The monoisotopic (exact) mass is 262 g/mol. The van der Waals surface area contributed by atoms with E-state index in [9.17, 15) is 10.2 Å². The number of aliphatic hydroxyl groups is 2. The molecule has 0 aromatic carbocycles. The molecule has 0 saturated heterocycles. The Kier molecular flexibility index (Phi) is 4.10. The highest BCUT2D eigenvalue weighted by molar-refractivity contribution is 9.10. The summed E-state index contributed by atoms with van der Waals surface area (Å²) in [5, 5.41) is 22.9. The van der Waals surface area contributed by atoms with Gasteiger partial charge in [-0.2, -0.15) is 5.10 Å². The van der Waals surface area contributed by atoms with Crippen LogP contribution in [-0.2, 0) is 0 Å². The zero-order valence-corrected chi connectivity index (χ0v) is 9.85. The van der Waals surface area contributed by atoms with Crippen molar-refractivity contribution in [2.75, 3.05) is 0 Å². The summed E-state index contributed by atoms with van der Waals surface area (Å²) in [5.41, 5.74) is 0. The fourth-order valence-electron chi connectivity index (χ4n) is 1.37. The summed E-state index contributed by atoms with van der Waals surface area (Å²) >= 11 is 3.29. The Morgan fingerprint density at radius 2 is 2.14 bits per heavy atom. The van der Waals surface area contributed by atoms with Crippen LogP contribution in [0, 0.1) is 0 Å². The van der Waals surface area contributed by atoms with Gasteiger partial charge in [0, 0.05) is 6.20 Å². The molecule has 0 unspecified atom stereocenters. The summed E-state index contributed by atoms with van der Waals surface area (Å²) in [7, 11) is 0. The minimum atomic E-state index is -0.531. The van der Waals surface area contributed by atoms with Crippen molar-refractivity contribution in [3.63, 3.8) is 0 Å². The Balaban J connectivity index is 2.77.